The molecule has 25 nitrogen and oxygen atoms in total. The van der Waals surface area contributed by atoms with E-state index in [1.165, 1.54) is 18.1 Å². The summed E-state index contributed by atoms with van der Waals surface area (Å²) in [5, 5.41) is 20.5. The first-order valence-electron chi connectivity index (χ1n) is 35.7. The molecule has 4 heterocycles. The zero-order valence-corrected chi connectivity index (χ0v) is 68.2. The number of ether oxygens (including phenoxy) is 5. The number of hydrogen-bond donors (Lipinski definition) is 5. The van der Waals surface area contributed by atoms with Gasteiger partial charge in [0.1, 0.15) is 33.2 Å². The van der Waals surface area contributed by atoms with E-state index in [9.17, 15) is 33.6 Å². The molecule has 598 valence electrons. The molecule has 104 heavy (non-hydrogen) atoms. The normalized spacial score (nSPS) is 21.1. The largest absolute Gasteiger partial charge is 0.480 e. The number of benzene rings is 2. The van der Waals surface area contributed by atoms with Gasteiger partial charge >= 0.3 is 41.2 Å². The highest BCUT2D eigenvalue weighted by atomic mass is 35.5. The number of nitrogens with zero attached hydrogens (tertiary/aromatic N) is 8. The van der Waals surface area contributed by atoms with Gasteiger partial charge in [-0.1, -0.05) is 72.3 Å². The van der Waals surface area contributed by atoms with Gasteiger partial charge in [0.05, 0.1) is 26.4 Å². The van der Waals surface area contributed by atoms with Crippen molar-refractivity contribution in [2.75, 3.05) is 170 Å². The molecular weight excluding hydrogens is 1510 g/mol. The summed E-state index contributed by atoms with van der Waals surface area (Å²) in [6, 6.07) is 20.9. The Kier molecular flexibility index (Phi) is 46.5. The summed E-state index contributed by atoms with van der Waals surface area (Å²) in [4.78, 5) is 95.5. The quantitative estimate of drug-likeness (QED) is 0.0303. The van der Waals surface area contributed by atoms with Crippen LogP contribution in [0.2, 0.25) is 0 Å². The lowest BCUT2D eigenvalue weighted by Gasteiger charge is -2.38. The van der Waals surface area contributed by atoms with Gasteiger partial charge in [-0.2, -0.15) is 0 Å². The molecule has 1 unspecified atom stereocenters. The van der Waals surface area contributed by atoms with Gasteiger partial charge in [0, 0.05) is 154 Å². The molecule has 10 fully saturated rings. The first kappa shape index (κ1) is 98.6. The predicted octanol–water partition coefficient (Wildman–Crippen LogP) is 8.27. The number of carboxylic acid groups (broad SMARTS) is 2. The number of carbonyl (C=O) groups excluding carboxylic acids is 5. The number of nitrogens with one attached hydrogen (secondary N) is 1. The van der Waals surface area contributed by atoms with Gasteiger partial charge < -0.3 is 60.5 Å². The molecule has 0 radical (unpaired) electrons. The number of nitrogens with two attached hydrogens (primary N) is 2. The first-order chi connectivity index (χ1) is 47.7. The third-order valence-electron chi connectivity index (χ3n) is 19.4. The molecule has 0 bridgehead atoms. The summed E-state index contributed by atoms with van der Waals surface area (Å²) in [5.74, 6) is -0.458. The standard InChI is InChI=1S/C17H24N2O2.C11H15Cl2N.C11H20N2O2.C10H18N2O2.C9H16N2O2.C6H11NO2.C4H7NO2.C3H4Cl2O2.4ClH/c1-2-21-16(20)17(8-9-17)19-12-10-18(11-13-19)14-15-6-4-3-5-7-15;12-6-8-14(9-7-13)10-11-4-2-1-3-5-11;1-3-15-10(14)11(4-5-11)13-8-6-12(2)7-9-13;1-2-14-9(13)10(3-4-10)12-7-5-11-6-8-12;1-10-4-6-11(7-5-10)9(2-3-9)8(12)13;1-2-9-5(8)6(7)3-4-6;5-4(1-2-4)3(6)7;1-2(4)7-3(5)6;;;;/h3-7H,2,8-14H2,1H3;1-5H,6-10H2;3-9H2,1-2H3;11H,2-8H2,1H3;2-7H2,1H3,(H,12,13);2-4,7H2,1H3;1-2,5H2,(H,6,7);2H,1H3;4*1H. The fourth-order valence-corrected chi connectivity index (χ4v) is 12.8. The number of piperazine rings is 4. The molecule has 0 amide bonds. The van der Waals surface area contributed by atoms with Gasteiger partial charge in [0.25, 0.3) is 0 Å². The minimum absolute atomic E-state index is 0. The minimum Gasteiger partial charge on any atom is -0.480 e. The smallest absolute Gasteiger partial charge is 0.405 e. The fourth-order valence-electron chi connectivity index (χ4n) is 12.1. The van der Waals surface area contributed by atoms with Gasteiger partial charge in [0.2, 0.25) is 0 Å². The highest BCUT2D eigenvalue weighted by Gasteiger charge is 2.59. The summed E-state index contributed by atoms with van der Waals surface area (Å²) in [7, 11) is 4.21. The van der Waals surface area contributed by atoms with Gasteiger partial charge in [-0.3, -0.25) is 58.2 Å². The Morgan fingerprint density at radius 3 is 1.09 bits per heavy atom. The maximum Gasteiger partial charge on any atom is 0.405 e. The molecule has 2 aromatic carbocycles. The van der Waals surface area contributed by atoms with Crippen molar-refractivity contribution in [2.45, 2.75) is 164 Å². The van der Waals surface area contributed by atoms with Gasteiger partial charge in [-0.05, 0) is 137 Å². The molecule has 10 aliphatic rings. The van der Waals surface area contributed by atoms with Crippen molar-refractivity contribution in [1.82, 2.24) is 44.5 Å². The summed E-state index contributed by atoms with van der Waals surface area (Å²) in [6.07, 6.45) is 10.4. The monoisotopic (exact) mass is 1630 g/mol. The van der Waals surface area contributed by atoms with Crippen LogP contribution >= 0.6 is 96.0 Å². The van der Waals surface area contributed by atoms with Gasteiger partial charge in [0.15, 0.2) is 5.56 Å². The number of halogens is 8. The van der Waals surface area contributed by atoms with Gasteiger partial charge in [-0.15, -0.1) is 72.8 Å². The van der Waals surface area contributed by atoms with Crippen LogP contribution in [0.5, 0.6) is 0 Å². The molecule has 4 saturated heterocycles. The molecule has 6 aliphatic carbocycles. The average molecular weight is 1630 g/mol. The van der Waals surface area contributed by atoms with Crippen LogP contribution < -0.4 is 16.8 Å². The summed E-state index contributed by atoms with van der Waals surface area (Å²) < 4.78 is 24.4. The van der Waals surface area contributed by atoms with Crippen LogP contribution in [0.3, 0.4) is 0 Å². The third kappa shape index (κ3) is 32.3. The molecule has 7 N–H and O–H groups in total. The lowest BCUT2D eigenvalue weighted by atomic mass is 10.1. The maximum atomic E-state index is 12.1. The Hall–Kier alpha value is -3.39. The number of aliphatic carboxylic acids is 2. The maximum absolute atomic E-state index is 12.1. The Morgan fingerprint density at radius 2 is 0.808 bits per heavy atom. The Morgan fingerprint density at radius 1 is 0.481 bits per heavy atom. The van der Waals surface area contributed by atoms with E-state index >= 15 is 0 Å². The summed E-state index contributed by atoms with van der Waals surface area (Å²) in [5.41, 5.74) is 9.19. The Bertz CT molecular complexity index is 2800. The van der Waals surface area contributed by atoms with Crippen molar-refractivity contribution in [3.8, 4) is 0 Å². The highest BCUT2D eigenvalue weighted by molar-refractivity contribution is 6.61. The number of carbonyl (C=O) groups is 7. The van der Waals surface area contributed by atoms with E-state index in [-0.39, 0.29) is 90.1 Å². The number of alkyl halides is 3. The van der Waals surface area contributed by atoms with E-state index in [2.05, 4.69) is 118 Å². The van der Waals surface area contributed by atoms with E-state index in [0.717, 1.165) is 195 Å². The molecule has 12 rings (SSSR count). The van der Waals surface area contributed by atoms with E-state index in [4.69, 9.17) is 87.0 Å². The van der Waals surface area contributed by atoms with Crippen LogP contribution in [0.4, 0.5) is 4.79 Å². The molecule has 0 spiro atoms. The van der Waals surface area contributed by atoms with Crippen LogP contribution in [-0.2, 0) is 65.5 Å². The SMILES string of the molecule is CC(Cl)OC(=O)Cl.CCOC(=O)C1(N)CC1.CCOC(=O)C1(N2CCN(C)CC2)CC1.CCOC(=O)C1(N2CCN(Cc3ccccc3)CC2)CC1.CCOC(=O)C1(N2CCNCC2)CC1.CN1CCN(C2(C(=O)O)CC2)CC1.Cl.Cl.Cl.Cl.ClCCN(CCCl)Cc1ccccc1.NC1(C(=O)O)CC1. The number of likely N-dealkylation sites (N-methyl/N-ethyl adjacent to an activating group) is 2. The Labute approximate surface area is 661 Å². The van der Waals surface area contributed by atoms with Crippen molar-refractivity contribution in [3.05, 3.63) is 71.8 Å². The van der Waals surface area contributed by atoms with E-state index < -0.39 is 39.5 Å². The lowest BCUT2D eigenvalue weighted by molar-refractivity contribution is -0.153. The Balaban J connectivity index is 0.000000604. The van der Waals surface area contributed by atoms with Crippen LogP contribution in [0, 0.1) is 0 Å². The van der Waals surface area contributed by atoms with Crippen molar-refractivity contribution in [2.24, 2.45) is 11.5 Å². The number of rotatable bonds is 23. The second kappa shape index (κ2) is 49.0. The highest BCUT2D eigenvalue weighted by Crippen LogP contribution is 2.46. The second-order valence-corrected chi connectivity index (χ2v) is 28.7. The molecule has 33 heteroatoms. The van der Waals surface area contributed by atoms with Crippen LogP contribution in [0.1, 0.15) is 123 Å². The van der Waals surface area contributed by atoms with Crippen LogP contribution in [0.15, 0.2) is 60.7 Å². The van der Waals surface area contributed by atoms with Crippen molar-refractivity contribution in [1.29, 1.82) is 0 Å². The zero-order valence-electron chi connectivity index (χ0n) is 61.9. The van der Waals surface area contributed by atoms with Crippen LogP contribution in [-0.4, -0.2) is 300 Å². The number of hydrogen-bond acceptors (Lipinski definition) is 23. The number of esters is 4. The molecule has 0 aromatic heterocycles. The van der Waals surface area contributed by atoms with E-state index in [1.54, 1.807) is 6.92 Å². The summed E-state index contributed by atoms with van der Waals surface area (Å²) >= 11 is 21.3. The van der Waals surface area contributed by atoms with Gasteiger partial charge in [-0.25, -0.2) is 4.79 Å². The summed E-state index contributed by atoms with van der Waals surface area (Å²) in [6.45, 7) is 30.3. The molecule has 6 saturated carbocycles. The topological polar surface area (TPSA) is 296 Å². The van der Waals surface area contributed by atoms with Crippen molar-refractivity contribution >= 4 is 137 Å². The molecule has 1 atom stereocenters. The average Bonchev–Trinajstić information content (AvgIpc) is 1.57. The second-order valence-electron chi connectivity index (χ2n) is 27.0. The number of carboxylic acids is 2. The first-order valence-corrected chi connectivity index (χ1v) is 37.6. The third-order valence-corrected chi connectivity index (χ3v) is 19.9. The molecule has 2 aromatic rings. The van der Waals surface area contributed by atoms with Crippen molar-refractivity contribution < 1.29 is 67.5 Å². The van der Waals surface area contributed by atoms with Crippen LogP contribution in [0.25, 0.3) is 0 Å². The fraction of sp³-hybridized carbons (Fsp3) is 0.732. The predicted molar refractivity (Wildman–Crippen MR) is 418 cm³/mol. The lowest BCUT2D eigenvalue weighted by Crippen LogP contribution is -2.54. The zero-order chi connectivity index (χ0) is 73.6. The van der Waals surface area contributed by atoms with E-state index in [1.807, 2.05) is 26.8 Å². The van der Waals surface area contributed by atoms with Crippen molar-refractivity contribution in [3.63, 3.8) is 0 Å². The van der Waals surface area contributed by atoms with E-state index in [0.29, 0.717) is 51.0 Å². The minimum atomic E-state index is -0.873. The molecular formula is C71H119Cl8N11O14. The molecule has 4 aliphatic heterocycles.